The molecule has 2 aliphatic rings. The molecule has 6 rings (SSSR count). The van der Waals surface area contributed by atoms with E-state index in [1.54, 1.807) is 55.1 Å². The largest absolute Gasteiger partial charge is 0.416 e. The van der Waals surface area contributed by atoms with Crippen molar-refractivity contribution in [2.75, 3.05) is 37.0 Å². The predicted molar refractivity (Wildman–Crippen MR) is 170 cm³/mol. The van der Waals surface area contributed by atoms with Gasteiger partial charge in [-0.3, -0.25) is 14.6 Å². The van der Waals surface area contributed by atoms with Gasteiger partial charge in [-0.05, 0) is 84.1 Å². The average molecular weight is 656 g/mol. The summed E-state index contributed by atoms with van der Waals surface area (Å²) in [6, 6.07) is 15.3. The third kappa shape index (κ3) is 6.58. The number of fused-ring (bicyclic) bond motifs is 1. The van der Waals surface area contributed by atoms with Crippen LogP contribution in [0.2, 0.25) is 0 Å². The van der Waals surface area contributed by atoms with E-state index in [9.17, 15) is 23.2 Å². The van der Waals surface area contributed by atoms with E-state index >= 15 is 0 Å². The summed E-state index contributed by atoms with van der Waals surface area (Å²) in [4.78, 5) is 21.9. The molecule has 14 heteroatoms. The Morgan fingerprint density at radius 1 is 1.10 bits per heavy atom. The van der Waals surface area contributed by atoms with E-state index in [4.69, 9.17) is 10.00 Å². The highest BCUT2D eigenvalue weighted by Crippen LogP contribution is 2.41. The van der Waals surface area contributed by atoms with Crippen molar-refractivity contribution in [3.8, 4) is 34.7 Å². The number of ether oxygens (including phenoxy) is 1. The summed E-state index contributed by atoms with van der Waals surface area (Å²) in [6.07, 6.45) is -1.22. The van der Waals surface area contributed by atoms with Crippen LogP contribution in [0.4, 0.5) is 24.8 Å². The number of benzene rings is 2. The molecule has 0 bridgehead atoms. The van der Waals surface area contributed by atoms with Gasteiger partial charge in [0, 0.05) is 44.9 Å². The Kier molecular flexibility index (Phi) is 9.13. The number of likely N-dealkylation sites (tertiary alicyclic amines) is 1. The Balaban J connectivity index is 1.43. The molecule has 1 amide bonds. The lowest BCUT2D eigenvalue weighted by Crippen LogP contribution is -2.38. The number of carbonyl (C=O) groups is 1. The van der Waals surface area contributed by atoms with Gasteiger partial charge in [0.05, 0.1) is 42.3 Å². The number of amides is 1. The van der Waals surface area contributed by atoms with Crippen LogP contribution in [0.3, 0.4) is 0 Å². The lowest BCUT2D eigenvalue weighted by molar-refractivity contribution is -0.138. The number of piperidine rings is 1. The highest BCUT2D eigenvalue weighted by atomic mass is 19.4. The second-order valence-electron chi connectivity index (χ2n) is 11.9. The summed E-state index contributed by atoms with van der Waals surface area (Å²) < 4.78 is 50.8. The van der Waals surface area contributed by atoms with Gasteiger partial charge in [0.15, 0.2) is 5.82 Å². The molecule has 11 nitrogen and oxygen atoms in total. The van der Waals surface area contributed by atoms with Crippen LogP contribution in [-0.4, -0.2) is 63.4 Å². The van der Waals surface area contributed by atoms with E-state index in [0.29, 0.717) is 46.0 Å². The van der Waals surface area contributed by atoms with Crippen molar-refractivity contribution >= 4 is 17.5 Å². The van der Waals surface area contributed by atoms with Crippen molar-refractivity contribution in [3.63, 3.8) is 0 Å². The molecule has 4 heterocycles. The number of halogens is 3. The Labute approximate surface area is 275 Å². The SMILES string of the molecule is CO[C@@H]1CCCN(Cc2cc3c(c(C(F)(F)F)c2)CN(c2cc(-c4cc(C#N)ccc4-c4nncn4C)cc(NCCC#N)n2)C3=O)C1. The number of nitrogens with zero attached hydrogens (tertiary/aromatic N) is 8. The maximum atomic E-state index is 14.5. The summed E-state index contributed by atoms with van der Waals surface area (Å²) in [6.45, 7) is 1.49. The molecule has 1 fully saturated rings. The van der Waals surface area contributed by atoms with Gasteiger partial charge in [0.25, 0.3) is 5.91 Å². The molecule has 1 N–H and O–H groups in total. The quantitative estimate of drug-likeness (QED) is 0.231. The van der Waals surface area contributed by atoms with Gasteiger partial charge in [-0.2, -0.15) is 23.7 Å². The summed E-state index contributed by atoms with van der Waals surface area (Å²) >= 11 is 0. The molecule has 0 spiro atoms. The van der Waals surface area contributed by atoms with Gasteiger partial charge in [0.2, 0.25) is 0 Å². The number of alkyl halides is 3. The number of carbonyl (C=O) groups excluding carboxylic acids is 1. The van der Waals surface area contributed by atoms with Crippen LogP contribution in [0.5, 0.6) is 0 Å². The Morgan fingerprint density at radius 2 is 1.94 bits per heavy atom. The van der Waals surface area contributed by atoms with E-state index in [1.165, 1.54) is 11.2 Å². The first kappa shape index (κ1) is 32.6. The fraction of sp³-hybridized carbons (Fsp3) is 0.353. The molecule has 0 aliphatic carbocycles. The van der Waals surface area contributed by atoms with Crippen LogP contribution in [0.25, 0.3) is 22.5 Å². The number of aromatic nitrogens is 4. The smallest absolute Gasteiger partial charge is 0.380 e. The Bertz CT molecular complexity index is 1940. The van der Waals surface area contributed by atoms with Gasteiger partial charge < -0.3 is 14.6 Å². The molecule has 2 aromatic heterocycles. The van der Waals surface area contributed by atoms with Crippen LogP contribution in [0, 0.1) is 22.7 Å². The molecule has 2 aromatic carbocycles. The molecular weight excluding hydrogens is 623 g/mol. The second-order valence-corrected chi connectivity index (χ2v) is 11.9. The zero-order valence-electron chi connectivity index (χ0n) is 26.4. The summed E-state index contributed by atoms with van der Waals surface area (Å²) in [5.41, 5.74) is 1.55. The highest BCUT2D eigenvalue weighted by Gasteiger charge is 2.41. The van der Waals surface area contributed by atoms with Crippen LogP contribution < -0.4 is 10.2 Å². The number of nitrogens with one attached hydrogen (secondary N) is 1. The molecule has 4 aromatic rings. The van der Waals surface area contributed by atoms with E-state index in [-0.39, 0.29) is 49.1 Å². The molecule has 1 atom stereocenters. The minimum absolute atomic E-state index is 0.00439. The third-order valence-corrected chi connectivity index (χ3v) is 8.65. The number of pyridine rings is 1. The van der Waals surface area contributed by atoms with E-state index in [1.807, 2.05) is 4.90 Å². The van der Waals surface area contributed by atoms with Crippen molar-refractivity contribution in [2.45, 2.75) is 44.6 Å². The molecule has 48 heavy (non-hydrogen) atoms. The highest BCUT2D eigenvalue weighted by molar-refractivity contribution is 6.10. The van der Waals surface area contributed by atoms with Gasteiger partial charge in [0.1, 0.15) is 18.0 Å². The van der Waals surface area contributed by atoms with Crippen molar-refractivity contribution in [3.05, 3.63) is 76.6 Å². The predicted octanol–water partition coefficient (Wildman–Crippen LogP) is 5.53. The van der Waals surface area contributed by atoms with Crippen molar-refractivity contribution in [1.29, 1.82) is 10.5 Å². The molecule has 0 radical (unpaired) electrons. The number of hydrogen-bond donors (Lipinski definition) is 1. The van der Waals surface area contributed by atoms with Crippen molar-refractivity contribution < 1.29 is 22.7 Å². The lowest BCUT2D eigenvalue weighted by Gasteiger charge is -2.32. The summed E-state index contributed by atoms with van der Waals surface area (Å²) in [5, 5.41) is 30.1. The Hall–Kier alpha value is -5.31. The molecular formula is C34H32F3N9O2. The second kappa shape index (κ2) is 13.4. The molecule has 246 valence electrons. The first-order chi connectivity index (χ1) is 23.1. The third-order valence-electron chi connectivity index (χ3n) is 8.65. The summed E-state index contributed by atoms with van der Waals surface area (Å²) in [5.74, 6) is 0.345. The van der Waals surface area contributed by atoms with Crippen molar-refractivity contribution in [1.82, 2.24) is 24.6 Å². The van der Waals surface area contributed by atoms with Crippen molar-refractivity contribution in [2.24, 2.45) is 7.05 Å². The monoisotopic (exact) mass is 655 g/mol. The van der Waals surface area contributed by atoms with Gasteiger partial charge in [-0.1, -0.05) is 0 Å². The van der Waals surface area contributed by atoms with Crippen LogP contribution in [-0.2, 0) is 31.1 Å². The number of nitriles is 2. The van der Waals surface area contributed by atoms with Crippen LogP contribution in [0.1, 0.15) is 51.9 Å². The molecule has 0 saturated carbocycles. The normalized spacial score (nSPS) is 16.4. The first-order valence-electron chi connectivity index (χ1n) is 15.4. The minimum atomic E-state index is -4.69. The fourth-order valence-corrected chi connectivity index (χ4v) is 6.33. The maximum absolute atomic E-state index is 14.5. The van der Waals surface area contributed by atoms with E-state index < -0.39 is 17.6 Å². The zero-order valence-corrected chi connectivity index (χ0v) is 26.4. The lowest BCUT2D eigenvalue weighted by atomic mass is 9.97. The van der Waals surface area contributed by atoms with Crippen LogP contribution in [0.15, 0.2) is 48.8 Å². The average Bonchev–Trinajstić information content (AvgIpc) is 3.66. The van der Waals surface area contributed by atoms with E-state index in [2.05, 4.69) is 32.6 Å². The maximum Gasteiger partial charge on any atom is 0.416 e. The Morgan fingerprint density at radius 3 is 2.65 bits per heavy atom. The van der Waals surface area contributed by atoms with E-state index in [0.717, 1.165) is 25.5 Å². The van der Waals surface area contributed by atoms with Crippen LogP contribution >= 0.6 is 0 Å². The number of aryl methyl sites for hydroxylation is 1. The summed E-state index contributed by atoms with van der Waals surface area (Å²) in [7, 11) is 3.40. The van der Waals surface area contributed by atoms with Gasteiger partial charge >= 0.3 is 6.18 Å². The topological polar surface area (TPSA) is 136 Å². The molecule has 2 aliphatic heterocycles. The zero-order chi connectivity index (χ0) is 34.0. The fourth-order valence-electron chi connectivity index (χ4n) is 6.33. The van der Waals surface area contributed by atoms with Gasteiger partial charge in [-0.15, -0.1) is 10.2 Å². The first-order valence-corrected chi connectivity index (χ1v) is 15.4. The number of rotatable bonds is 9. The number of anilines is 2. The number of hydrogen-bond acceptors (Lipinski definition) is 9. The number of methoxy groups -OCH3 is 1. The van der Waals surface area contributed by atoms with Gasteiger partial charge in [-0.25, -0.2) is 4.98 Å². The minimum Gasteiger partial charge on any atom is -0.380 e. The molecule has 1 saturated heterocycles. The molecule has 0 unspecified atom stereocenters. The standard InChI is InChI=1S/C34H32F3N9O2/c1-44-20-41-43-32(44)25-7-6-21(16-39)11-26(25)23-14-30(40-9-4-8-38)42-31(15-23)46-19-28-27(33(46)47)12-22(13-29(28)34(35,36)37)17-45-10-3-5-24(18-45)48-2/h6-7,11-15,20,24H,3-5,9-10,17-19H2,1-2H3,(H,40,42)/t24-/m1/s1.